The van der Waals surface area contributed by atoms with Gasteiger partial charge in [-0.3, -0.25) is 9.59 Å². The highest BCUT2D eigenvalue weighted by atomic mass is 32.2. The normalized spacial score (nSPS) is 16.2. The van der Waals surface area contributed by atoms with Crippen LogP contribution in [0.2, 0.25) is 0 Å². The van der Waals surface area contributed by atoms with Gasteiger partial charge in [-0.05, 0) is 36.1 Å². The van der Waals surface area contributed by atoms with E-state index in [9.17, 15) is 18.0 Å². The molecule has 9 heteroatoms. The number of nitrogens with zero attached hydrogens (tertiary/aromatic N) is 3. The van der Waals surface area contributed by atoms with Gasteiger partial charge in [-0.2, -0.15) is 9.40 Å². The summed E-state index contributed by atoms with van der Waals surface area (Å²) in [7, 11) is -3.63. The zero-order chi connectivity index (χ0) is 22.9. The molecule has 1 aliphatic heterocycles. The van der Waals surface area contributed by atoms with E-state index in [0.29, 0.717) is 16.7 Å². The summed E-state index contributed by atoms with van der Waals surface area (Å²) >= 11 is 0. The monoisotopic (exact) mass is 454 g/mol. The number of amides is 1. The Bertz CT molecular complexity index is 1290. The number of piperazine rings is 1. The molecule has 0 aliphatic carbocycles. The number of hydrogen-bond acceptors (Lipinski definition) is 5. The van der Waals surface area contributed by atoms with E-state index in [1.807, 2.05) is 12.1 Å². The zero-order valence-corrected chi connectivity index (χ0v) is 18.9. The summed E-state index contributed by atoms with van der Waals surface area (Å²) in [5.41, 5.74) is 0.923. The maximum Gasteiger partial charge on any atom is 0.275 e. The number of H-pyrrole nitrogens is 1. The van der Waals surface area contributed by atoms with Gasteiger partial charge >= 0.3 is 0 Å². The smallest absolute Gasteiger partial charge is 0.275 e. The minimum absolute atomic E-state index is 0.164. The van der Waals surface area contributed by atoms with Crippen LogP contribution in [0.15, 0.2) is 58.2 Å². The summed E-state index contributed by atoms with van der Waals surface area (Å²) in [5, 5.41) is 7.22. The molecule has 0 saturated carbocycles. The quantitative estimate of drug-likeness (QED) is 0.638. The molecular weight excluding hydrogens is 428 g/mol. The van der Waals surface area contributed by atoms with Crippen molar-refractivity contribution in [2.75, 3.05) is 26.2 Å². The average molecular weight is 455 g/mol. The number of fused-ring (bicyclic) bond motifs is 1. The van der Waals surface area contributed by atoms with E-state index < -0.39 is 10.0 Å². The highest BCUT2D eigenvalue weighted by Crippen LogP contribution is 2.23. The van der Waals surface area contributed by atoms with E-state index in [1.165, 1.54) is 4.31 Å². The van der Waals surface area contributed by atoms with Crippen molar-refractivity contribution in [2.45, 2.75) is 31.1 Å². The van der Waals surface area contributed by atoms with Gasteiger partial charge in [-0.25, -0.2) is 13.5 Å². The molecule has 2 heterocycles. The Morgan fingerprint density at radius 1 is 1.03 bits per heavy atom. The molecule has 3 aromatic rings. The van der Waals surface area contributed by atoms with Crippen LogP contribution in [-0.2, 0) is 10.0 Å². The van der Waals surface area contributed by atoms with Gasteiger partial charge in [-0.15, -0.1) is 0 Å². The number of aromatic nitrogens is 2. The molecule has 1 atom stereocenters. The molecule has 0 radical (unpaired) electrons. The lowest BCUT2D eigenvalue weighted by atomic mass is 9.99. The summed E-state index contributed by atoms with van der Waals surface area (Å²) in [4.78, 5) is 26.9. The Hall–Kier alpha value is -3.04. The molecule has 1 aliphatic rings. The number of rotatable bonds is 5. The summed E-state index contributed by atoms with van der Waals surface area (Å²) in [6, 6.07) is 13.9. The topological polar surface area (TPSA) is 103 Å². The van der Waals surface area contributed by atoms with Crippen LogP contribution >= 0.6 is 0 Å². The minimum Gasteiger partial charge on any atom is -0.335 e. The van der Waals surface area contributed by atoms with Gasteiger partial charge < -0.3 is 4.90 Å². The molecule has 32 heavy (non-hydrogen) atoms. The second kappa shape index (κ2) is 8.84. The van der Waals surface area contributed by atoms with E-state index in [1.54, 1.807) is 41.3 Å². The molecule has 168 valence electrons. The predicted molar refractivity (Wildman–Crippen MR) is 122 cm³/mol. The Morgan fingerprint density at radius 3 is 2.28 bits per heavy atom. The van der Waals surface area contributed by atoms with Crippen molar-refractivity contribution >= 4 is 26.7 Å². The van der Waals surface area contributed by atoms with Crippen molar-refractivity contribution in [3.05, 3.63) is 70.1 Å². The molecule has 1 amide bonds. The first kappa shape index (κ1) is 22.2. The van der Waals surface area contributed by atoms with Crippen LogP contribution in [0.3, 0.4) is 0 Å². The van der Waals surface area contributed by atoms with Gasteiger partial charge in [0, 0.05) is 31.6 Å². The number of nitrogens with one attached hydrogen (secondary N) is 1. The summed E-state index contributed by atoms with van der Waals surface area (Å²) in [6.07, 6.45) is 0.988. The fourth-order valence-electron chi connectivity index (χ4n) is 3.91. The number of benzene rings is 2. The van der Waals surface area contributed by atoms with Crippen molar-refractivity contribution in [3.8, 4) is 0 Å². The molecule has 1 aromatic heterocycles. The average Bonchev–Trinajstić information content (AvgIpc) is 2.83. The number of hydrogen-bond donors (Lipinski definition) is 1. The third-order valence-electron chi connectivity index (χ3n) is 6.12. The number of carbonyl (C=O) groups is 1. The Balaban J connectivity index is 1.49. The lowest BCUT2D eigenvalue weighted by Gasteiger charge is -2.34. The molecule has 4 rings (SSSR count). The van der Waals surface area contributed by atoms with Crippen LogP contribution in [0.1, 0.15) is 42.2 Å². The van der Waals surface area contributed by atoms with Crippen molar-refractivity contribution in [1.82, 2.24) is 19.4 Å². The maximum absolute atomic E-state index is 13.1. The van der Waals surface area contributed by atoms with Crippen LogP contribution < -0.4 is 5.56 Å². The molecule has 1 N–H and O–H groups in total. The number of carbonyl (C=O) groups excluding carboxylic acids is 1. The minimum atomic E-state index is -3.63. The van der Waals surface area contributed by atoms with Gasteiger partial charge in [0.2, 0.25) is 10.0 Å². The van der Waals surface area contributed by atoms with Crippen LogP contribution in [0.5, 0.6) is 0 Å². The number of sulfonamides is 1. The first-order valence-electron chi connectivity index (χ1n) is 10.7. The molecule has 2 aromatic carbocycles. The Labute approximate surface area is 186 Å². The SMILES string of the molecule is CCC(C)c1ccc(S(=O)(=O)N2CCN(C(=O)c3n[nH]c(=O)c4ccccc34)CC2)cc1. The van der Waals surface area contributed by atoms with Gasteiger partial charge in [-0.1, -0.05) is 44.2 Å². The second-order valence-electron chi connectivity index (χ2n) is 8.02. The molecular formula is C23H26N4O4S. The molecule has 8 nitrogen and oxygen atoms in total. The Morgan fingerprint density at radius 2 is 1.66 bits per heavy atom. The molecule has 0 bridgehead atoms. The highest BCUT2D eigenvalue weighted by Gasteiger charge is 2.31. The van der Waals surface area contributed by atoms with E-state index in [0.717, 1.165) is 12.0 Å². The predicted octanol–water partition coefficient (Wildman–Crippen LogP) is 2.58. The third kappa shape index (κ3) is 4.05. The van der Waals surface area contributed by atoms with Crippen LogP contribution in [-0.4, -0.2) is 59.9 Å². The van der Waals surface area contributed by atoms with Gasteiger partial charge in [0.15, 0.2) is 5.69 Å². The van der Waals surface area contributed by atoms with Crippen LogP contribution in [0, 0.1) is 0 Å². The van der Waals surface area contributed by atoms with Crippen LogP contribution in [0.4, 0.5) is 0 Å². The van der Waals surface area contributed by atoms with Gasteiger partial charge in [0.25, 0.3) is 11.5 Å². The van der Waals surface area contributed by atoms with E-state index >= 15 is 0 Å². The fourth-order valence-corrected chi connectivity index (χ4v) is 5.33. The number of aromatic amines is 1. The summed E-state index contributed by atoms with van der Waals surface area (Å²) < 4.78 is 27.5. The Kier molecular flexibility index (Phi) is 6.12. The maximum atomic E-state index is 13.1. The molecule has 1 unspecified atom stereocenters. The molecule has 1 saturated heterocycles. The first-order valence-corrected chi connectivity index (χ1v) is 12.1. The second-order valence-corrected chi connectivity index (χ2v) is 9.96. The summed E-state index contributed by atoms with van der Waals surface area (Å²) in [5.74, 6) is 0.0475. The molecule has 1 fully saturated rings. The van der Waals surface area contributed by atoms with Crippen molar-refractivity contribution in [2.24, 2.45) is 0 Å². The van der Waals surface area contributed by atoms with Crippen molar-refractivity contribution in [1.29, 1.82) is 0 Å². The van der Waals surface area contributed by atoms with Crippen molar-refractivity contribution < 1.29 is 13.2 Å². The van der Waals surface area contributed by atoms with Crippen LogP contribution in [0.25, 0.3) is 10.8 Å². The summed E-state index contributed by atoms with van der Waals surface area (Å²) in [6.45, 7) is 5.10. The fraction of sp³-hybridized carbons (Fsp3) is 0.348. The van der Waals surface area contributed by atoms with E-state index in [2.05, 4.69) is 24.0 Å². The first-order chi connectivity index (χ1) is 15.3. The van der Waals surface area contributed by atoms with E-state index in [-0.39, 0.29) is 48.2 Å². The zero-order valence-electron chi connectivity index (χ0n) is 18.1. The highest BCUT2D eigenvalue weighted by molar-refractivity contribution is 7.89. The lowest BCUT2D eigenvalue weighted by molar-refractivity contribution is 0.0693. The largest absolute Gasteiger partial charge is 0.335 e. The standard InChI is InChI=1S/C23H26N4O4S/c1-3-16(2)17-8-10-18(11-9-17)32(30,31)27-14-12-26(13-15-27)23(29)21-19-6-4-5-7-20(19)22(28)25-24-21/h4-11,16H,3,12-15H2,1-2H3,(H,25,28). The van der Waals surface area contributed by atoms with E-state index in [4.69, 9.17) is 0 Å². The third-order valence-corrected chi connectivity index (χ3v) is 8.04. The van der Waals surface area contributed by atoms with Gasteiger partial charge in [0.05, 0.1) is 10.3 Å². The van der Waals surface area contributed by atoms with Crippen molar-refractivity contribution in [3.63, 3.8) is 0 Å². The van der Waals surface area contributed by atoms with Gasteiger partial charge in [0.1, 0.15) is 0 Å². The molecule has 0 spiro atoms. The lowest BCUT2D eigenvalue weighted by Crippen LogP contribution is -2.50.